The Labute approximate surface area is 140 Å². The van der Waals surface area contributed by atoms with Gasteiger partial charge in [0, 0.05) is 23.5 Å². The lowest BCUT2D eigenvalue weighted by Gasteiger charge is -2.20. The highest BCUT2D eigenvalue weighted by atomic mass is 35.7. The molecule has 0 aromatic heterocycles. The summed E-state index contributed by atoms with van der Waals surface area (Å²) in [5.41, 5.74) is 1.71. The van der Waals surface area contributed by atoms with Crippen LogP contribution < -0.4 is 9.96 Å². The minimum Gasteiger partial charge on any atom is -0.387 e. The molecule has 2 N–H and O–H groups in total. The minimum atomic E-state index is -2.52. The fourth-order valence-electron chi connectivity index (χ4n) is 1.52. The second-order valence-corrected chi connectivity index (χ2v) is 17.3. The van der Waals surface area contributed by atoms with Crippen LogP contribution in [0.3, 0.4) is 0 Å². The molecule has 0 heterocycles. The zero-order valence-corrected chi connectivity index (χ0v) is 15.8. The molecule has 0 atom stereocenters. The van der Waals surface area contributed by atoms with Crippen molar-refractivity contribution in [2.24, 2.45) is 0 Å². The molecule has 0 spiro atoms. The first-order valence-electron chi connectivity index (χ1n) is 5.92. The van der Waals surface area contributed by atoms with Crippen molar-refractivity contribution in [1.29, 1.82) is 0 Å². The Bertz CT molecular complexity index is 420. The van der Waals surface area contributed by atoms with Crippen LogP contribution in [0.25, 0.3) is 0 Å². The molecule has 1 aromatic rings. The maximum Gasteiger partial charge on any atom is 0.354 e. The summed E-state index contributed by atoms with van der Waals surface area (Å²) in [6.45, 7) is 2.24. The summed E-state index contributed by atoms with van der Waals surface area (Å²) in [7, 11) is 0. The normalized spacial score (nSPS) is 11.8. The fraction of sp³-hybridized carbons (Fsp3) is 0.167. The summed E-state index contributed by atoms with van der Waals surface area (Å²) in [5.74, 6) is 0. The molecule has 110 valence electrons. The van der Waals surface area contributed by atoms with E-state index in [0.717, 1.165) is 11.4 Å². The quantitative estimate of drug-likeness (QED) is 0.340. The number of benzene rings is 1. The predicted octanol–water partition coefficient (Wildman–Crippen LogP) is 5.72. The lowest BCUT2D eigenvalue weighted by molar-refractivity contribution is 1.57. The van der Waals surface area contributed by atoms with Gasteiger partial charge in [-0.2, -0.15) is 0 Å². The maximum atomic E-state index is 6.22. The van der Waals surface area contributed by atoms with Crippen LogP contribution in [0.1, 0.15) is 0 Å². The summed E-state index contributed by atoms with van der Waals surface area (Å²) in [6.07, 6.45) is 3.43. The number of allylic oxidation sites excluding steroid dienone is 2. The molecule has 0 radical (unpaired) electrons. The molecule has 8 heteroatoms. The number of halogens is 4. The van der Waals surface area contributed by atoms with Crippen LogP contribution in [-0.4, -0.2) is 13.7 Å². The maximum absolute atomic E-state index is 6.22. The van der Waals surface area contributed by atoms with E-state index in [1.165, 1.54) is 0 Å². The van der Waals surface area contributed by atoms with Crippen molar-refractivity contribution in [2.45, 2.75) is 12.1 Å². The van der Waals surface area contributed by atoms with Crippen molar-refractivity contribution < 1.29 is 0 Å². The van der Waals surface area contributed by atoms with Crippen LogP contribution in [0.4, 0.5) is 11.4 Å². The molecule has 0 aliphatic heterocycles. The first kappa shape index (κ1) is 17.9. The van der Waals surface area contributed by atoms with E-state index in [4.69, 9.17) is 44.3 Å². The molecule has 0 saturated heterocycles. The molecular weight excluding hydrogens is 370 g/mol. The first-order valence-corrected chi connectivity index (χ1v) is 14.4. The molecule has 1 rings (SSSR count). The summed E-state index contributed by atoms with van der Waals surface area (Å²) >= 11 is 24.9. The first-order chi connectivity index (χ1) is 9.28. The van der Waals surface area contributed by atoms with Gasteiger partial charge in [-0.15, -0.1) is 57.5 Å². The minimum absolute atomic E-state index is 0.564. The second kappa shape index (κ2) is 7.78. The third kappa shape index (κ3) is 6.56. The number of hydrogen-bond donors (Lipinski definition) is 2. The largest absolute Gasteiger partial charge is 0.387 e. The molecule has 0 aliphatic rings. The van der Waals surface area contributed by atoms with Crippen molar-refractivity contribution in [2.75, 3.05) is 9.96 Å². The Morgan fingerprint density at radius 3 is 1.35 bits per heavy atom. The third-order valence-electron chi connectivity index (χ3n) is 2.34. The van der Waals surface area contributed by atoms with Gasteiger partial charge in [-0.1, -0.05) is 12.2 Å². The van der Waals surface area contributed by atoms with E-state index in [2.05, 4.69) is 23.1 Å². The van der Waals surface area contributed by atoms with Crippen molar-refractivity contribution in [3.63, 3.8) is 0 Å². The van der Waals surface area contributed by atoms with Gasteiger partial charge in [-0.3, -0.25) is 0 Å². The van der Waals surface area contributed by atoms with Gasteiger partial charge in [0.15, 0.2) is 0 Å². The SMILES string of the molecule is C=CC[Si](Cl)(Cl)Nc1ccc(N[Si](Cl)(Cl)CC=C)cc1. The van der Waals surface area contributed by atoms with Gasteiger partial charge in [0.05, 0.1) is 0 Å². The number of nitrogens with one attached hydrogen (secondary N) is 2. The molecule has 2 nitrogen and oxygen atoms in total. The molecule has 0 aliphatic carbocycles. The zero-order valence-electron chi connectivity index (χ0n) is 10.8. The van der Waals surface area contributed by atoms with Crippen LogP contribution >= 0.6 is 44.3 Å². The third-order valence-corrected chi connectivity index (χ3v) is 8.24. The average molecular weight is 386 g/mol. The Kier molecular flexibility index (Phi) is 6.98. The Hall–Kier alpha value is -0.106. The standard InChI is InChI=1S/C12H16Cl4N2Si2/c1-3-9-19(13,14)17-11-5-7-12(8-6-11)18-20(15,16)10-4-2/h3-8,17-18H,1-2,9-10H2. The van der Waals surface area contributed by atoms with Gasteiger partial charge < -0.3 is 9.96 Å². The monoisotopic (exact) mass is 384 g/mol. The zero-order chi connectivity index (χ0) is 15.2. The van der Waals surface area contributed by atoms with Gasteiger partial charge in [0.25, 0.3) is 0 Å². The smallest absolute Gasteiger partial charge is 0.354 e. The van der Waals surface area contributed by atoms with E-state index in [-0.39, 0.29) is 0 Å². The van der Waals surface area contributed by atoms with Gasteiger partial charge in [-0.25, -0.2) is 0 Å². The Balaban J connectivity index is 2.69. The highest BCUT2D eigenvalue weighted by molar-refractivity contribution is 7.47. The highest BCUT2D eigenvalue weighted by Gasteiger charge is 2.28. The van der Waals surface area contributed by atoms with Crippen LogP contribution in [0.5, 0.6) is 0 Å². The van der Waals surface area contributed by atoms with E-state index in [1.807, 2.05) is 24.3 Å². The van der Waals surface area contributed by atoms with Crippen molar-refractivity contribution in [3.8, 4) is 0 Å². The van der Waals surface area contributed by atoms with Crippen LogP contribution in [0.15, 0.2) is 49.6 Å². The summed E-state index contributed by atoms with van der Waals surface area (Å²) in [4.78, 5) is 6.27. The fourth-order valence-corrected chi connectivity index (χ4v) is 6.25. The highest BCUT2D eigenvalue weighted by Crippen LogP contribution is 2.27. The lowest BCUT2D eigenvalue weighted by Crippen LogP contribution is -2.31. The number of hydrogen-bond acceptors (Lipinski definition) is 2. The number of anilines is 2. The van der Waals surface area contributed by atoms with Crippen molar-refractivity contribution in [3.05, 3.63) is 49.6 Å². The van der Waals surface area contributed by atoms with E-state index in [0.29, 0.717) is 12.1 Å². The topological polar surface area (TPSA) is 24.1 Å². The average Bonchev–Trinajstić information content (AvgIpc) is 2.30. The van der Waals surface area contributed by atoms with Gasteiger partial charge in [0.1, 0.15) is 0 Å². The molecule has 20 heavy (non-hydrogen) atoms. The molecule has 0 unspecified atom stereocenters. The van der Waals surface area contributed by atoms with Crippen molar-refractivity contribution >= 4 is 69.4 Å². The van der Waals surface area contributed by atoms with Gasteiger partial charge >= 0.3 is 13.7 Å². The van der Waals surface area contributed by atoms with E-state index < -0.39 is 13.7 Å². The molecule has 0 saturated carbocycles. The van der Waals surface area contributed by atoms with E-state index in [1.54, 1.807) is 12.2 Å². The molecule has 0 bridgehead atoms. The van der Waals surface area contributed by atoms with E-state index in [9.17, 15) is 0 Å². The van der Waals surface area contributed by atoms with Gasteiger partial charge in [-0.05, 0) is 24.3 Å². The molecule has 0 fully saturated rings. The number of rotatable bonds is 8. The lowest BCUT2D eigenvalue weighted by atomic mass is 10.3. The van der Waals surface area contributed by atoms with Crippen molar-refractivity contribution in [1.82, 2.24) is 0 Å². The van der Waals surface area contributed by atoms with E-state index >= 15 is 0 Å². The summed E-state index contributed by atoms with van der Waals surface area (Å²) in [5, 5.41) is 0. The van der Waals surface area contributed by atoms with Crippen LogP contribution in [-0.2, 0) is 0 Å². The van der Waals surface area contributed by atoms with Crippen LogP contribution in [0.2, 0.25) is 12.1 Å². The molecule has 0 amide bonds. The van der Waals surface area contributed by atoms with Gasteiger partial charge in [0.2, 0.25) is 0 Å². The van der Waals surface area contributed by atoms with Crippen LogP contribution in [0, 0.1) is 0 Å². The Morgan fingerprint density at radius 1 is 0.800 bits per heavy atom. The summed E-state index contributed by atoms with van der Waals surface area (Å²) in [6, 6.07) is 8.64. The second-order valence-electron chi connectivity index (χ2n) is 4.22. The molecular formula is C12H16Cl4N2Si2. The molecule has 1 aromatic carbocycles. The Morgan fingerprint density at radius 2 is 1.10 bits per heavy atom. The summed E-state index contributed by atoms with van der Waals surface area (Å²) < 4.78 is 0. The predicted molar refractivity (Wildman–Crippen MR) is 98.6 cm³/mol.